The summed E-state index contributed by atoms with van der Waals surface area (Å²) in [6.45, 7) is 5.69. The zero-order valence-corrected chi connectivity index (χ0v) is 13.9. The Morgan fingerprint density at radius 2 is 2.38 bits per heavy atom. The van der Waals surface area contributed by atoms with Gasteiger partial charge >= 0.3 is 0 Å². The lowest BCUT2D eigenvalue weighted by molar-refractivity contribution is -0.114. The Labute approximate surface area is 132 Å². The molecule has 2 aromatic rings. The van der Waals surface area contributed by atoms with Crippen molar-refractivity contribution in [2.45, 2.75) is 39.3 Å². The predicted octanol–water partition coefficient (Wildman–Crippen LogP) is 3.67. The van der Waals surface area contributed by atoms with E-state index in [1.807, 2.05) is 16.7 Å². The molecule has 0 aromatic carbocycles. The average Bonchev–Trinajstić information content (AvgIpc) is 3.07. The normalized spacial score (nSPS) is 18.5. The molecule has 3 heterocycles. The minimum atomic E-state index is -0.0665. The highest BCUT2D eigenvalue weighted by atomic mass is 32.1. The molecule has 1 atom stereocenters. The van der Waals surface area contributed by atoms with Crippen LogP contribution in [0.15, 0.2) is 16.8 Å². The van der Waals surface area contributed by atoms with Crippen molar-refractivity contribution in [2.75, 3.05) is 11.9 Å². The summed E-state index contributed by atoms with van der Waals surface area (Å²) in [5, 5.41) is 7.69. The molecule has 2 aromatic heterocycles. The van der Waals surface area contributed by atoms with Crippen LogP contribution in [0.4, 0.5) is 5.13 Å². The Morgan fingerprint density at radius 3 is 3.14 bits per heavy atom. The lowest BCUT2D eigenvalue weighted by atomic mass is 9.98. The van der Waals surface area contributed by atoms with Crippen LogP contribution < -0.4 is 5.32 Å². The van der Waals surface area contributed by atoms with Gasteiger partial charge in [-0.05, 0) is 29.9 Å². The number of carbonyl (C=O) groups is 1. The molecule has 4 nitrogen and oxygen atoms in total. The number of hydrogen-bond donors (Lipinski definition) is 1. The van der Waals surface area contributed by atoms with Crippen LogP contribution in [0.25, 0.3) is 0 Å². The highest BCUT2D eigenvalue weighted by Gasteiger charge is 2.27. The van der Waals surface area contributed by atoms with E-state index in [1.165, 1.54) is 28.7 Å². The van der Waals surface area contributed by atoms with Gasteiger partial charge in [-0.1, -0.05) is 6.92 Å². The molecule has 3 rings (SSSR count). The molecule has 1 unspecified atom stereocenters. The smallest absolute Gasteiger partial charge is 0.223 e. The topological polar surface area (TPSA) is 45.2 Å². The highest BCUT2D eigenvalue weighted by molar-refractivity contribution is 7.13. The number of hydrogen-bond acceptors (Lipinski definition) is 5. The summed E-state index contributed by atoms with van der Waals surface area (Å²) < 4.78 is 0. The number of fused-ring (bicyclic) bond motifs is 1. The van der Waals surface area contributed by atoms with Gasteiger partial charge < -0.3 is 5.32 Å². The summed E-state index contributed by atoms with van der Waals surface area (Å²) in [7, 11) is 0. The number of nitrogens with one attached hydrogen (secondary N) is 1. The van der Waals surface area contributed by atoms with E-state index in [1.54, 1.807) is 0 Å². The second kappa shape index (κ2) is 6.25. The summed E-state index contributed by atoms with van der Waals surface area (Å²) in [6.07, 6.45) is 2.25. The lowest BCUT2D eigenvalue weighted by Crippen LogP contribution is -2.34. The van der Waals surface area contributed by atoms with E-state index in [4.69, 9.17) is 0 Å². The summed E-state index contributed by atoms with van der Waals surface area (Å²) >= 11 is 3.37. The van der Waals surface area contributed by atoms with Crippen molar-refractivity contribution in [1.29, 1.82) is 0 Å². The predicted molar refractivity (Wildman–Crippen MR) is 87.9 cm³/mol. The second-order valence-corrected chi connectivity index (χ2v) is 7.13. The van der Waals surface area contributed by atoms with Crippen LogP contribution in [0.2, 0.25) is 0 Å². The third-order valence-corrected chi connectivity index (χ3v) is 5.60. The van der Waals surface area contributed by atoms with Gasteiger partial charge in [-0.15, -0.1) is 22.7 Å². The largest absolute Gasteiger partial charge is 0.302 e. The monoisotopic (exact) mass is 321 g/mol. The maximum Gasteiger partial charge on any atom is 0.223 e. The Morgan fingerprint density at radius 1 is 1.52 bits per heavy atom. The highest BCUT2D eigenvalue weighted by Crippen LogP contribution is 2.36. The van der Waals surface area contributed by atoms with E-state index in [2.05, 4.69) is 33.6 Å². The fraction of sp³-hybridized carbons (Fsp3) is 0.467. The zero-order chi connectivity index (χ0) is 14.8. The van der Waals surface area contributed by atoms with Crippen molar-refractivity contribution >= 4 is 33.7 Å². The molecule has 1 amide bonds. The first kappa shape index (κ1) is 14.7. The van der Waals surface area contributed by atoms with Gasteiger partial charge in [-0.3, -0.25) is 9.69 Å². The molecule has 1 N–H and O–H groups in total. The van der Waals surface area contributed by atoms with Gasteiger partial charge in [-0.25, -0.2) is 4.98 Å². The average molecular weight is 321 g/mol. The molecule has 0 bridgehead atoms. The van der Waals surface area contributed by atoms with Crippen molar-refractivity contribution in [1.82, 2.24) is 9.88 Å². The number of amides is 1. The van der Waals surface area contributed by atoms with E-state index in [9.17, 15) is 4.79 Å². The van der Waals surface area contributed by atoms with Gasteiger partial charge in [0.25, 0.3) is 0 Å². The maximum absolute atomic E-state index is 11.1. The molecule has 112 valence electrons. The van der Waals surface area contributed by atoms with Gasteiger partial charge in [0.2, 0.25) is 5.91 Å². The third-order valence-electron chi connectivity index (χ3n) is 3.79. The number of anilines is 1. The van der Waals surface area contributed by atoms with Gasteiger partial charge in [0, 0.05) is 36.3 Å². The van der Waals surface area contributed by atoms with Crippen LogP contribution in [0.1, 0.15) is 42.4 Å². The number of carbonyl (C=O) groups excluding carboxylic acids is 1. The molecule has 1 aliphatic rings. The number of rotatable bonds is 4. The first-order valence-electron chi connectivity index (χ1n) is 7.19. The Hall–Kier alpha value is -1.24. The molecule has 0 spiro atoms. The molecule has 0 saturated heterocycles. The van der Waals surface area contributed by atoms with Gasteiger partial charge in [0.05, 0.1) is 5.69 Å². The fourth-order valence-corrected chi connectivity index (χ4v) is 4.59. The Kier molecular flexibility index (Phi) is 4.37. The third kappa shape index (κ3) is 3.17. The minimum Gasteiger partial charge on any atom is -0.302 e. The quantitative estimate of drug-likeness (QED) is 0.934. The molecule has 0 radical (unpaired) electrons. The molecule has 0 saturated carbocycles. The van der Waals surface area contributed by atoms with E-state index in [-0.39, 0.29) is 5.91 Å². The number of thiophene rings is 1. The SMILES string of the molecule is CCC1c2ccsc2CCN1Cc1csc(NC(C)=O)n1. The van der Waals surface area contributed by atoms with Crippen molar-refractivity contribution in [2.24, 2.45) is 0 Å². The first-order chi connectivity index (χ1) is 10.2. The first-order valence-corrected chi connectivity index (χ1v) is 8.95. The lowest BCUT2D eigenvalue weighted by Gasteiger charge is -2.34. The zero-order valence-electron chi connectivity index (χ0n) is 12.3. The molecule has 0 fully saturated rings. The van der Waals surface area contributed by atoms with E-state index in [0.717, 1.165) is 31.6 Å². The summed E-state index contributed by atoms with van der Waals surface area (Å²) in [5.74, 6) is -0.0665. The van der Waals surface area contributed by atoms with Gasteiger partial charge in [-0.2, -0.15) is 0 Å². The van der Waals surface area contributed by atoms with Crippen LogP contribution >= 0.6 is 22.7 Å². The van der Waals surface area contributed by atoms with Gasteiger partial charge in [0.15, 0.2) is 5.13 Å². The number of nitrogens with zero attached hydrogens (tertiary/aromatic N) is 2. The van der Waals surface area contributed by atoms with Crippen molar-refractivity contribution in [3.63, 3.8) is 0 Å². The van der Waals surface area contributed by atoms with Crippen molar-refractivity contribution < 1.29 is 4.79 Å². The van der Waals surface area contributed by atoms with Crippen LogP contribution in [0, 0.1) is 0 Å². The standard InChI is InChI=1S/C15H19N3OS2/c1-3-13-12-5-7-20-14(12)4-6-18(13)8-11-9-21-15(17-11)16-10(2)19/h5,7,9,13H,3-4,6,8H2,1-2H3,(H,16,17,19). The molecular formula is C15H19N3OS2. The van der Waals surface area contributed by atoms with Crippen LogP contribution in [-0.4, -0.2) is 22.3 Å². The minimum absolute atomic E-state index is 0.0665. The second-order valence-electron chi connectivity index (χ2n) is 5.27. The summed E-state index contributed by atoms with van der Waals surface area (Å²) in [4.78, 5) is 19.6. The van der Waals surface area contributed by atoms with Crippen LogP contribution in [-0.2, 0) is 17.8 Å². The number of aromatic nitrogens is 1. The van der Waals surface area contributed by atoms with Crippen molar-refractivity contribution in [3.05, 3.63) is 33.0 Å². The molecular weight excluding hydrogens is 302 g/mol. The van der Waals surface area contributed by atoms with Crippen molar-refractivity contribution in [3.8, 4) is 0 Å². The van der Waals surface area contributed by atoms with Crippen LogP contribution in [0.5, 0.6) is 0 Å². The van der Waals surface area contributed by atoms with Crippen LogP contribution in [0.3, 0.4) is 0 Å². The molecule has 21 heavy (non-hydrogen) atoms. The summed E-state index contributed by atoms with van der Waals surface area (Å²) in [6, 6.07) is 2.76. The molecule has 6 heteroatoms. The molecule has 0 aliphatic carbocycles. The maximum atomic E-state index is 11.1. The van der Waals surface area contributed by atoms with E-state index < -0.39 is 0 Å². The van der Waals surface area contributed by atoms with E-state index in [0.29, 0.717) is 11.2 Å². The summed E-state index contributed by atoms with van der Waals surface area (Å²) in [5.41, 5.74) is 2.53. The Balaban J connectivity index is 1.73. The molecule has 1 aliphatic heterocycles. The van der Waals surface area contributed by atoms with Gasteiger partial charge in [0.1, 0.15) is 0 Å². The fourth-order valence-electron chi connectivity index (χ4n) is 2.91. The Bertz CT molecular complexity index is 634. The number of thiazole rings is 1. The van der Waals surface area contributed by atoms with E-state index >= 15 is 0 Å².